The third kappa shape index (κ3) is 4.58. The van der Waals surface area contributed by atoms with Gasteiger partial charge in [-0.05, 0) is 62.2 Å². The van der Waals surface area contributed by atoms with Crippen molar-refractivity contribution < 1.29 is 9.59 Å². The molecule has 0 saturated carbocycles. The summed E-state index contributed by atoms with van der Waals surface area (Å²) in [5.41, 5.74) is 5.72. The van der Waals surface area contributed by atoms with Gasteiger partial charge < -0.3 is 10.2 Å². The highest BCUT2D eigenvalue weighted by Gasteiger charge is 2.31. The molecule has 0 aliphatic carbocycles. The molecule has 1 unspecified atom stereocenters. The number of benzene rings is 3. The van der Waals surface area contributed by atoms with Crippen molar-refractivity contribution in [1.29, 1.82) is 0 Å². The molecule has 0 bridgehead atoms. The lowest BCUT2D eigenvalue weighted by Gasteiger charge is -2.24. The predicted molar refractivity (Wildman–Crippen MR) is 130 cm³/mol. The van der Waals surface area contributed by atoms with Crippen molar-refractivity contribution in [3.63, 3.8) is 0 Å². The Hall–Kier alpha value is -3.44. The van der Waals surface area contributed by atoms with Crippen molar-refractivity contribution in [3.05, 3.63) is 94.0 Å². The fourth-order valence-electron chi connectivity index (χ4n) is 3.98. The summed E-state index contributed by atoms with van der Waals surface area (Å²) in [4.78, 5) is 32.4. The molecule has 162 valence electrons. The number of benzodiazepines with no additional fused rings is 1. The predicted octanol–water partition coefficient (Wildman–Crippen LogP) is 5.17. The van der Waals surface area contributed by atoms with Gasteiger partial charge in [0.05, 0.1) is 11.4 Å². The van der Waals surface area contributed by atoms with Gasteiger partial charge in [-0.25, -0.2) is 0 Å². The van der Waals surface area contributed by atoms with Crippen molar-refractivity contribution >= 4 is 40.5 Å². The second-order valence-corrected chi connectivity index (χ2v) is 8.47. The summed E-state index contributed by atoms with van der Waals surface area (Å²) in [6, 6.07) is 20.2. The molecular weight excluding hydrogens is 422 g/mol. The number of anilines is 2. The van der Waals surface area contributed by atoms with E-state index < -0.39 is 6.04 Å². The van der Waals surface area contributed by atoms with Gasteiger partial charge in [-0.1, -0.05) is 48.0 Å². The maximum absolute atomic E-state index is 13.3. The summed E-state index contributed by atoms with van der Waals surface area (Å²) in [7, 11) is 0. The Bertz CT molecular complexity index is 1200. The highest BCUT2D eigenvalue weighted by atomic mass is 35.5. The first-order chi connectivity index (χ1) is 15.3. The molecule has 6 heteroatoms. The maximum Gasteiger partial charge on any atom is 0.252 e. The highest BCUT2D eigenvalue weighted by molar-refractivity contribution is 6.32. The van der Waals surface area contributed by atoms with Crippen LogP contribution in [0.5, 0.6) is 0 Å². The molecule has 4 rings (SSSR count). The molecule has 0 fully saturated rings. The molecule has 0 aromatic heterocycles. The van der Waals surface area contributed by atoms with Crippen LogP contribution in [0.4, 0.5) is 11.4 Å². The number of hydrogen-bond acceptors (Lipinski definition) is 3. The van der Waals surface area contributed by atoms with E-state index in [1.165, 1.54) is 4.90 Å². The van der Waals surface area contributed by atoms with Crippen LogP contribution in [-0.2, 0) is 9.59 Å². The van der Waals surface area contributed by atoms with Gasteiger partial charge in [-0.2, -0.15) is 0 Å². The largest absolute Gasteiger partial charge is 0.325 e. The summed E-state index contributed by atoms with van der Waals surface area (Å²) in [5.74, 6) is -0.519. The van der Waals surface area contributed by atoms with Gasteiger partial charge in [0.1, 0.15) is 12.6 Å². The number of carbonyl (C=O) groups is 2. The lowest BCUT2D eigenvalue weighted by molar-refractivity contribution is -0.122. The van der Waals surface area contributed by atoms with Crippen LogP contribution in [-0.4, -0.2) is 30.1 Å². The van der Waals surface area contributed by atoms with E-state index in [2.05, 4.69) is 5.32 Å². The van der Waals surface area contributed by atoms with E-state index in [4.69, 9.17) is 16.6 Å². The van der Waals surface area contributed by atoms with E-state index in [9.17, 15) is 9.59 Å². The Morgan fingerprint density at radius 3 is 2.41 bits per heavy atom. The first-order valence-corrected chi connectivity index (χ1v) is 10.8. The quantitative estimate of drug-likeness (QED) is 0.602. The van der Waals surface area contributed by atoms with Gasteiger partial charge in [0.25, 0.3) is 5.91 Å². The van der Waals surface area contributed by atoms with E-state index >= 15 is 0 Å². The molecule has 1 atom stereocenters. The van der Waals surface area contributed by atoms with Crippen LogP contribution in [0.3, 0.4) is 0 Å². The molecule has 0 radical (unpaired) electrons. The van der Waals surface area contributed by atoms with E-state index in [0.29, 0.717) is 22.1 Å². The fraction of sp³-hybridized carbons (Fsp3) is 0.192. The van der Waals surface area contributed by atoms with Crippen LogP contribution in [0.25, 0.3) is 0 Å². The minimum Gasteiger partial charge on any atom is -0.325 e. The van der Waals surface area contributed by atoms with Crippen LogP contribution in [0.15, 0.2) is 71.7 Å². The van der Waals surface area contributed by atoms with Gasteiger partial charge >= 0.3 is 0 Å². The summed E-state index contributed by atoms with van der Waals surface area (Å²) in [5, 5.41) is 3.45. The SMILES string of the molecule is Cc1cc(C)cc(NC(=O)CN2C(=O)C(C)N=C(c3ccccc3)c3cc(Cl)ccc32)c1. The topological polar surface area (TPSA) is 61.8 Å². The number of carbonyl (C=O) groups excluding carboxylic acids is 2. The van der Waals surface area contributed by atoms with E-state index in [0.717, 1.165) is 22.3 Å². The zero-order chi connectivity index (χ0) is 22.8. The van der Waals surface area contributed by atoms with Crippen LogP contribution in [0.1, 0.15) is 29.2 Å². The maximum atomic E-state index is 13.3. The Morgan fingerprint density at radius 2 is 1.72 bits per heavy atom. The molecule has 1 aliphatic rings. The number of hydrogen-bond donors (Lipinski definition) is 1. The standard InChI is InChI=1S/C26H24ClN3O2/c1-16-11-17(2)13-21(12-16)29-24(31)15-30-23-10-9-20(27)14-22(23)25(28-18(3)26(30)32)19-7-5-4-6-8-19/h4-14,18H,15H2,1-3H3,(H,29,31). The molecule has 1 aliphatic heterocycles. The van der Waals surface area contributed by atoms with Gasteiger partial charge in [0, 0.05) is 21.8 Å². The fourth-order valence-corrected chi connectivity index (χ4v) is 4.15. The summed E-state index contributed by atoms with van der Waals surface area (Å²) < 4.78 is 0. The second kappa shape index (κ2) is 8.97. The van der Waals surface area contributed by atoms with Crippen LogP contribution >= 0.6 is 11.6 Å². The summed E-state index contributed by atoms with van der Waals surface area (Å²) >= 11 is 6.31. The monoisotopic (exact) mass is 445 g/mol. The molecule has 3 aromatic carbocycles. The summed E-state index contributed by atoms with van der Waals surface area (Å²) in [6.07, 6.45) is 0. The molecule has 1 heterocycles. The molecule has 3 aromatic rings. The molecule has 1 N–H and O–H groups in total. The lowest BCUT2D eigenvalue weighted by Crippen LogP contribution is -2.42. The normalized spacial score (nSPS) is 15.6. The Labute approximate surface area is 192 Å². The van der Waals surface area contributed by atoms with Crippen molar-refractivity contribution in [2.75, 3.05) is 16.8 Å². The van der Waals surface area contributed by atoms with Crippen molar-refractivity contribution in [2.45, 2.75) is 26.8 Å². The van der Waals surface area contributed by atoms with E-state index in [1.807, 2.05) is 62.4 Å². The zero-order valence-electron chi connectivity index (χ0n) is 18.2. The van der Waals surface area contributed by atoms with E-state index in [1.54, 1.807) is 25.1 Å². The van der Waals surface area contributed by atoms with Gasteiger partial charge in [0.2, 0.25) is 5.91 Å². The number of rotatable bonds is 4. The van der Waals surface area contributed by atoms with Gasteiger partial charge in [-0.15, -0.1) is 0 Å². The Balaban J connectivity index is 1.71. The number of halogens is 1. The number of nitrogens with one attached hydrogen (secondary N) is 1. The third-order valence-electron chi connectivity index (χ3n) is 5.31. The zero-order valence-corrected chi connectivity index (χ0v) is 19.0. The third-order valence-corrected chi connectivity index (χ3v) is 5.54. The summed E-state index contributed by atoms with van der Waals surface area (Å²) in [6.45, 7) is 5.58. The van der Waals surface area contributed by atoms with Crippen molar-refractivity contribution in [2.24, 2.45) is 4.99 Å². The minimum absolute atomic E-state index is 0.123. The molecule has 2 amide bonds. The molecule has 32 heavy (non-hydrogen) atoms. The highest BCUT2D eigenvalue weighted by Crippen LogP contribution is 2.31. The minimum atomic E-state index is -0.648. The van der Waals surface area contributed by atoms with Crippen LogP contribution in [0.2, 0.25) is 5.02 Å². The number of nitrogens with zero attached hydrogens (tertiary/aromatic N) is 2. The van der Waals surface area contributed by atoms with Crippen LogP contribution in [0, 0.1) is 13.8 Å². The molecule has 0 spiro atoms. The number of aliphatic imine (C=N–C) groups is 1. The van der Waals surface area contributed by atoms with E-state index in [-0.39, 0.29) is 18.4 Å². The number of amides is 2. The van der Waals surface area contributed by atoms with Gasteiger partial charge in [-0.3, -0.25) is 14.6 Å². The second-order valence-electron chi connectivity index (χ2n) is 8.03. The lowest BCUT2D eigenvalue weighted by atomic mass is 10.00. The number of fused-ring (bicyclic) bond motifs is 1. The van der Waals surface area contributed by atoms with Crippen molar-refractivity contribution in [1.82, 2.24) is 0 Å². The average molecular weight is 446 g/mol. The molecule has 0 saturated heterocycles. The average Bonchev–Trinajstić information content (AvgIpc) is 2.84. The van der Waals surface area contributed by atoms with Crippen molar-refractivity contribution in [3.8, 4) is 0 Å². The number of aryl methyl sites for hydroxylation is 2. The Morgan fingerprint density at radius 1 is 1.03 bits per heavy atom. The Kier molecular flexibility index (Phi) is 6.10. The van der Waals surface area contributed by atoms with Crippen LogP contribution < -0.4 is 10.2 Å². The molecule has 5 nitrogen and oxygen atoms in total. The first-order valence-electron chi connectivity index (χ1n) is 10.4. The molecular formula is C26H24ClN3O2. The smallest absolute Gasteiger partial charge is 0.252 e. The van der Waals surface area contributed by atoms with Gasteiger partial charge in [0.15, 0.2) is 0 Å². The first kappa shape index (κ1) is 21.8.